The number of amides is 1. The standard InChI is InChI=1S/C15H14Cl2N2O3S/c1-18-23(21,22)11-6-7-14(17)12(8-11)15(20)19-9-10-4-2-3-5-13(10)16/h2-8,18H,9H2,1H3,(H,19,20). The monoisotopic (exact) mass is 372 g/mol. The van der Waals surface area contributed by atoms with E-state index in [0.29, 0.717) is 5.02 Å². The van der Waals surface area contributed by atoms with Crippen LogP contribution in [0.2, 0.25) is 10.0 Å². The molecule has 2 rings (SSSR count). The maximum atomic E-state index is 12.3. The molecule has 0 fully saturated rings. The van der Waals surface area contributed by atoms with Gasteiger partial charge in [0.05, 0.1) is 15.5 Å². The van der Waals surface area contributed by atoms with Crippen molar-refractivity contribution in [3.05, 3.63) is 63.6 Å². The molecule has 122 valence electrons. The van der Waals surface area contributed by atoms with Crippen molar-refractivity contribution >= 4 is 39.1 Å². The Hall–Kier alpha value is -1.60. The minimum atomic E-state index is -3.65. The van der Waals surface area contributed by atoms with E-state index in [4.69, 9.17) is 23.2 Å². The van der Waals surface area contributed by atoms with Gasteiger partial charge in [0.1, 0.15) is 0 Å². The maximum Gasteiger partial charge on any atom is 0.253 e. The molecule has 0 saturated heterocycles. The average Bonchev–Trinajstić information content (AvgIpc) is 2.54. The molecule has 0 aliphatic rings. The lowest BCUT2D eigenvalue weighted by atomic mass is 10.2. The summed E-state index contributed by atoms with van der Waals surface area (Å²) in [7, 11) is -2.36. The number of nitrogens with one attached hydrogen (secondary N) is 2. The van der Waals surface area contributed by atoms with E-state index in [0.717, 1.165) is 5.56 Å². The molecule has 23 heavy (non-hydrogen) atoms. The molecule has 0 saturated carbocycles. The first-order chi connectivity index (χ1) is 10.8. The molecule has 2 aromatic rings. The number of carbonyl (C=O) groups excluding carboxylic acids is 1. The number of sulfonamides is 1. The fourth-order valence-corrected chi connectivity index (χ4v) is 3.04. The second kappa shape index (κ2) is 7.31. The molecule has 1 amide bonds. The van der Waals surface area contributed by atoms with Crippen molar-refractivity contribution in [2.45, 2.75) is 11.4 Å². The Kier molecular flexibility index (Phi) is 5.64. The third kappa shape index (κ3) is 4.23. The Bertz CT molecular complexity index is 838. The van der Waals surface area contributed by atoms with Crippen LogP contribution < -0.4 is 10.0 Å². The minimum absolute atomic E-state index is 0.0349. The number of halogens is 2. The molecular weight excluding hydrogens is 359 g/mol. The highest BCUT2D eigenvalue weighted by Crippen LogP contribution is 2.21. The van der Waals surface area contributed by atoms with E-state index in [1.165, 1.54) is 25.2 Å². The number of rotatable bonds is 5. The Labute approximate surface area is 144 Å². The third-order valence-electron chi connectivity index (χ3n) is 3.16. The van der Waals surface area contributed by atoms with Crippen LogP contribution in [-0.2, 0) is 16.6 Å². The number of benzene rings is 2. The van der Waals surface area contributed by atoms with Crippen molar-refractivity contribution in [3.63, 3.8) is 0 Å². The van der Waals surface area contributed by atoms with Crippen LogP contribution in [0.5, 0.6) is 0 Å². The number of hydrogen-bond acceptors (Lipinski definition) is 3. The molecule has 0 spiro atoms. The van der Waals surface area contributed by atoms with Gasteiger partial charge in [-0.15, -0.1) is 0 Å². The first-order valence-electron chi connectivity index (χ1n) is 6.60. The third-order valence-corrected chi connectivity index (χ3v) is 5.27. The molecule has 0 atom stereocenters. The van der Waals surface area contributed by atoms with Crippen LogP contribution in [0.4, 0.5) is 0 Å². The highest BCUT2D eigenvalue weighted by molar-refractivity contribution is 7.89. The van der Waals surface area contributed by atoms with Gasteiger partial charge in [0.2, 0.25) is 10.0 Å². The van der Waals surface area contributed by atoms with Gasteiger partial charge in [-0.2, -0.15) is 0 Å². The lowest BCUT2D eigenvalue weighted by Crippen LogP contribution is -2.24. The van der Waals surface area contributed by atoms with E-state index in [2.05, 4.69) is 10.0 Å². The fraction of sp³-hybridized carbons (Fsp3) is 0.133. The second-order valence-corrected chi connectivity index (χ2v) is 7.32. The Morgan fingerprint density at radius 1 is 1.09 bits per heavy atom. The Morgan fingerprint density at radius 3 is 2.43 bits per heavy atom. The summed E-state index contributed by atoms with van der Waals surface area (Å²) in [6, 6.07) is 11.0. The molecule has 0 radical (unpaired) electrons. The first-order valence-corrected chi connectivity index (χ1v) is 8.84. The van der Waals surface area contributed by atoms with E-state index in [1.807, 2.05) is 0 Å². The molecule has 0 aliphatic carbocycles. The highest BCUT2D eigenvalue weighted by Gasteiger charge is 2.17. The van der Waals surface area contributed by atoms with Crippen LogP contribution in [0.3, 0.4) is 0 Å². The average molecular weight is 373 g/mol. The topological polar surface area (TPSA) is 75.3 Å². The van der Waals surface area contributed by atoms with Crippen LogP contribution in [0, 0.1) is 0 Å². The van der Waals surface area contributed by atoms with Gasteiger partial charge in [-0.05, 0) is 36.9 Å². The van der Waals surface area contributed by atoms with Crippen molar-refractivity contribution in [2.75, 3.05) is 7.05 Å². The molecule has 0 unspecified atom stereocenters. The number of hydrogen-bond donors (Lipinski definition) is 2. The minimum Gasteiger partial charge on any atom is -0.348 e. The van der Waals surface area contributed by atoms with Gasteiger partial charge in [0, 0.05) is 11.6 Å². The van der Waals surface area contributed by atoms with Crippen molar-refractivity contribution < 1.29 is 13.2 Å². The molecule has 0 aromatic heterocycles. The zero-order valence-electron chi connectivity index (χ0n) is 12.1. The molecule has 2 aromatic carbocycles. The summed E-state index contributed by atoms with van der Waals surface area (Å²) < 4.78 is 25.8. The highest BCUT2D eigenvalue weighted by atomic mass is 35.5. The zero-order valence-corrected chi connectivity index (χ0v) is 14.5. The van der Waals surface area contributed by atoms with E-state index >= 15 is 0 Å². The van der Waals surface area contributed by atoms with Gasteiger partial charge in [-0.25, -0.2) is 13.1 Å². The molecule has 5 nitrogen and oxygen atoms in total. The van der Waals surface area contributed by atoms with Crippen LogP contribution in [0.25, 0.3) is 0 Å². The van der Waals surface area contributed by atoms with Crippen LogP contribution in [0.15, 0.2) is 47.4 Å². The van der Waals surface area contributed by atoms with Crippen LogP contribution in [-0.4, -0.2) is 21.4 Å². The molecule has 0 bridgehead atoms. The molecular formula is C15H14Cl2N2O3S. The van der Waals surface area contributed by atoms with E-state index in [-0.39, 0.29) is 22.0 Å². The van der Waals surface area contributed by atoms with E-state index < -0.39 is 15.9 Å². The zero-order chi connectivity index (χ0) is 17.0. The SMILES string of the molecule is CNS(=O)(=O)c1ccc(Cl)c(C(=O)NCc2ccccc2Cl)c1. The predicted octanol–water partition coefficient (Wildman–Crippen LogP) is 2.83. The second-order valence-electron chi connectivity index (χ2n) is 4.62. The summed E-state index contributed by atoms with van der Waals surface area (Å²) in [6.45, 7) is 0.206. The van der Waals surface area contributed by atoms with E-state index in [9.17, 15) is 13.2 Å². The predicted molar refractivity (Wildman–Crippen MR) is 90.3 cm³/mol. The van der Waals surface area contributed by atoms with Crippen molar-refractivity contribution in [1.82, 2.24) is 10.0 Å². The Balaban J connectivity index is 2.22. The van der Waals surface area contributed by atoms with Gasteiger partial charge >= 0.3 is 0 Å². The fourth-order valence-electron chi connectivity index (χ4n) is 1.88. The summed E-state index contributed by atoms with van der Waals surface area (Å²) in [5.41, 5.74) is 0.827. The normalized spacial score (nSPS) is 11.3. The number of carbonyl (C=O) groups is 1. The van der Waals surface area contributed by atoms with Crippen LogP contribution in [0.1, 0.15) is 15.9 Å². The van der Waals surface area contributed by atoms with Gasteiger partial charge in [0.15, 0.2) is 0 Å². The quantitative estimate of drug-likeness (QED) is 0.846. The maximum absolute atomic E-state index is 12.3. The van der Waals surface area contributed by atoms with Crippen LogP contribution >= 0.6 is 23.2 Å². The van der Waals surface area contributed by atoms with Gasteiger partial charge in [-0.3, -0.25) is 4.79 Å². The van der Waals surface area contributed by atoms with Gasteiger partial charge in [0.25, 0.3) is 5.91 Å². The van der Waals surface area contributed by atoms with E-state index in [1.54, 1.807) is 24.3 Å². The summed E-state index contributed by atoms with van der Waals surface area (Å²) in [4.78, 5) is 12.2. The van der Waals surface area contributed by atoms with Crippen molar-refractivity contribution in [2.24, 2.45) is 0 Å². The lowest BCUT2D eigenvalue weighted by molar-refractivity contribution is 0.0951. The summed E-state index contributed by atoms with van der Waals surface area (Å²) in [5.74, 6) is -0.483. The summed E-state index contributed by atoms with van der Waals surface area (Å²) in [6.07, 6.45) is 0. The van der Waals surface area contributed by atoms with Gasteiger partial charge in [-0.1, -0.05) is 41.4 Å². The first kappa shape index (κ1) is 17.7. The van der Waals surface area contributed by atoms with Gasteiger partial charge < -0.3 is 5.32 Å². The largest absolute Gasteiger partial charge is 0.348 e. The molecule has 0 aliphatic heterocycles. The Morgan fingerprint density at radius 2 is 1.78 bits per heavy atom. The lowest BCUT2D eigenvalue weighted by Gasteiger charge is -2.10. The summed E-state index contributed by atoms with van der Waals surface area (Å²) >= 11 is 12.0. The smallest absolute Gasteiger partial charge is 0.253 e. The summed E-state index contributed by atoms with van der Waals surface area (Å²) in [5, 5.41) is 3.37. The molecule has 2 N–H and O–H groups in total. The molecule has 8 heteroatoms. The van der Waals surface area contributed by atoms with Crippen molar-refractivity contribution in [1.29, 1.82) is 0 Å². The molecule has 0 heterocycles. The van der Waals surface area contributed by atoms with Crippen molar-refractivity contribution in [3.8, 4) is 0 Å².